The van der Waals surface area contributed by atoms with Gasteiger partial charge in [0.25, 0.3) is 0 Å². The zero-order chi connectivity index (χ0) is 17.3. The minimum atomic E-state index is 0.215. The Balaban J connectivity index is 1.29. The van der Waals surface area contributed by atoms with Crippen LogP contribution >= 0.6 is 11.8 Å². The highest BCUT2D eigenvalue weighted by atomic mass is 32.2. The monoisotopic (exact) mass is 360 g/mol. The van der Waals surface area contributed by atoms with Crippen LogP contribution in [0.5, 0.6) is 0 Å². The SMILES string of the molecule is O=C(NCCSC1CCCCC1)C1CCN(Cc2ccccc2)CC1. The summed E-state index contributed by atoms with van der Waals surface area (Å²) in [5, 5.41) is 4.02. The van der Waals surface area contributed by atoms with E-state index in [4.69, 9.17) is 0 Å². The molecule has 0 spiro atoms. The quantitative estimate of drug-likeness (QED) is 0.744. The maximum Gasteiger partial charge on any atom is 0.223 e. The molecular formula is C21H32N2OS. The van der Waals surface area contributed by atoms with Gasteiger partial charge in [-0.1, -0.05) is 49.6 Å². The average molecular weight is 361 g/mol. The number of carbonyl (C=O) groups excluding carboxylic acids is 1. The highest BCUT2D eigenvalue weighted by molar-refractivity contribution is 7.99. The van der Waals surface area contributed by atoms with Gasteiger partial charge >= 0.3 is 0 Å². The van der Waals surface area contributed by atoms with Crippen LogP contribution in [0, 0.1) is 5.92 Å². The van der Waals surface area contributed by atoms with Crippen LogP contribution < -0.4 is 5.32 Å². The van der Waals surface area contributed by atoms with Crippen LogP contribution in [0.2, 0.25) is 0 Å². The van der Waals surface area contributed by atoms with Crippen molar-refractivity contribution in [1.29, 1.82) is 0 Å². The molecular weight excluding hydrogens is 328 g/mol. The summed E-state index contributed by atoms with van der Waals surface area (Å²) in [5.41, 5.74) is 1.37. The first kappa shape index (κ1) is 18.8. The third-order valence-corrected chi connectivity index (χ3v) is 6.90. The van der Waals surface area contributed by atoms with Gasteiger partial charge in [0.15, 0.2) is 0 Å². The highest BCUT2D eigenvalue weighted by Gasteiger charge is 2.24. The lowest BCUT2D eigenvalue weighted by atomic mass is 9.95. The van der Waals surface area contributed by atoms with Gasteiger partial charge in [-0.2, -0.15) is 11.8 Å². The number of amides is 1. The molecule has 0 radical (unpaired) electrons. The second-order valence-electron chi connectivity index (χ2n) is 7.46. The molecule has 1 aromatic carbocycles. The molecule has 2 aliphatic rings. The zero-order valence-electron chi connectivity index (χ0n) is 15.3. The summed E-state index contributed by atoms with van der Waals surface area (Å²) >= 11 is 2.06. The summed E-state index contributed by atoms with van der Waals surface area (Å²) in [6.07, 6.45) is 8.94. The van der Waals surface area contributed by atoms with E-state index in [1.54, 1.807) is 0 Å². The summed E-state index contributed by atoms with van der Waals surface area (Å²) in [6, 6.07) is 10.6. The van der Waals surface area contributed by atoms with Crippen LogP contribution in [0.3, 0.4) is 0 Å². The first-order chi connectivity index (χ1) is 12.3. The molecule has 4 heteroatoms. The van der Waals surface area contributed by atoms with E-state index in [0.29, 0.717) is 0 Å². The van der Waals surface area contributed by atoms with Gasteiger partial charge in [-0.15, -0.1) is 0 Å². The van der Waals surface area contributed by atoms with Crippen LogP contribution in [-0.4, -0.2) is 41.4 Å². The van der Waals surface area contributed by atoms with Crippen molar-refractivity contribution in [2.24, 2.45) is 5.92 Å². The van der Waals surface area contributed by atoms with Gasteiger partial charge in [-0.05, 0) is 44.3 Å². The smallest absolute Gasteiger partial charge is 0.223 e. The number of benzene rings is 1. The van der Waals surface area contributed by atoms with Crippen molar-refractivity contribution >= 4 is 17.7 Å². The second kappa shape index (κ2) is 10.2. The Morgan fingerprint density at radius 1 is 1.04 bits per heavy atom. The topological polar surface area (TPSA) is 32.3 Å². The fourth-order valence-corrected chi connectivity index (χ4v) is 5.19. The van der Waals surface area contributed by atoms with Crippen molar-refractivity contribution in [3.05, 3.63) is 35.9 Å². The van der Waals surface area contributed by atoms with Gasteiger partial charge in [0.1, 0.15) is 0 Å². The van der Waals surface area contributed by atoms with Gasteiger partial charge in [-0.25, -0.2) is 0 Å². The van der Waals surface area contributed by atoms with Crippen LogP contribution in [-0.2, 0) is 11.3 Å². The van der Waals surface area contributed by atoms with E-state index in [0.717, 1.165) is 50.0 Å². The van der Waals surface area contributed by atoms with Crippen molar-refractivity contribution in [2.45, 2.75) is 56.7 Å². The summed E-state index contributed by atoms with van der Waals surface area (Å²) in [7, 11) is 0. The Morgan fingerprint density at radius 3 is 2.48 bits per heavy atom. The fraction of sp³-hybridized carbons (Fsp3) is 0.667. The Labute approximate surface area is 156 Å². The standard InChI is InChI=1S/C21H32N2OS/c24-21(22-13-16-25-20-9-5-2-6-10-20)19-11-14-23(15-12-19)17-18-7-3-1-4-8-18/h1,3-4,7-8,19-20H,2,5-6,9-17H2,(H,22,24). The largest absolute Gasteiger partial charge is 0.355 e. The Kier molecular flexibility index (Phi) is 7.68. The first-order valence-electron chi connectivity index (χ1n) is 9.97. The molecule has 1 amide bonds. The number of hydrogen-bond donors (Lipinski definition) is 1. The Bertz CT molecular complexity index is 508. The molecule has 3 nitrogen and oxygen atoms in total. The lowest BCUT2D eigenvalue weighted by Gasteiger charge is -2.31. The van der Waals surface area contributed by atoms with Gasteiger partial charge in [0.05, 0.1) is 0 Å². The van der Waals surface area contributed by atoms with E-state index in [2.05, 4.69) is 52.3 Å². The van der Waals surface area contributed by atoms with Gasteiger partial charge in [-0.3, -0.25) is 9.69 Å². The lowest BCUT2D eigenvalue weighted by molar-refractivity contribution is -0.126. The molecule has 1 heterocycles. The Hall–Kier alpha value is -1.00. The van der Waals surface area contributed by atoms with E-state index < -0.39 is 0 Å². The summed E-state index contributed by atoms with van der Waals surface area (Å²) in [5.74, 6) is 1.57. The normalized spacial score (nSPS) is 20.5. The molecule has 2 fully saturated rings. The third-order valence-electron chi connectivity index (χ3n) is 5.51. The first-order valence-corrected chi connectivity index (χ1v) is 11.0. The van der Waals surface area contributed by atoms with Gasteiger partial charge in [0, 0.05) is 30.0 Å². The van der Waals surface area contributed by atoms with Crippen molar-refractivity contribution < 1.29 is 4.79 Å². The van der Waals surface area contributed by atoms with Crippen LogP contribution in [0.15, 0.2) is 30.3 Å². The van der Waals surface area contributed by atoms with Crippen LogP contribution in [0.1, 0.15) is 50.5 Å². The maximum atomic E-state index is 12.4. The molecule has 138 valence electrons. The second-order valence-corrected chi connectivity index (χ2v) is 8.87. The van der Waals surface area contributed by atoms with E-state index in [-0.39, 0.29) is 11.8 Å². The Morgan fingerprint density at radius 2 is 1.76 bits per heavy atom. The highest BCUT2D eigenvalue weighted by Crippen LogP contribution is 2.27. The van der Waals surface area contributed by atoms with Gasteiger partial charge in [0.2, 0.25) is 5.91 Å². The van der Waals surface area contributed by atoms with Crippen molar-refractivity contribution in [1.82, 2.24) is 10.2 Å². The molecule has 0 unspecified atom stereocenters. The maximum absolute atomic E-state index is 12.4. The number of carbonyl (C=O) groups is 1. The van der Waals surface area contributed by atoms with Gasteiger partial charge < -0.3 is 5.32 Å². The van der Waals surface area contributed by atoms with Crippen molar-refractivity contribution in [3.63, 3.8) is 0 Å². The molecule has 0 bridgehead atoms. The minimum absolute atomic E-state index is 0.215. The third kappa shape index (κ3) is 6.34. The molecule has 25 heavy (non-hydrogen) atoms. The number of likely N-dealkylation sites (tertiary alicyclic amines) is 1. The molecule has 0 aromatic heterocycles. The molecule has 0 atom stereocenters. The minimum Gasteiger partial charge on any atom is -0.355 e. The molecule has 1 aromatic rings. The summed E-state index contributed by atoms with van der Waals surface area (Å²) in [6.45, 7) is 3.91. The van der Waals surface area contributed by atoms with E-state index >= 15 is 0 Å². The summed E-state index contributed by atoms with van der Waals surface area (Å²) in [4.78, 5) is 14.8. The number of rotatable bonds is 7. The molecule has 1 saturated heterocycles. The van der Waals surface area contributed by atoms with Crippen molar-refractivity contribution in [3.8, 4) is 0 Å². The van der Waals surface area contributed by atoms with E-state index in [9.17, 15) is 4.79 Å². The molecule has 1 aliphatic carbocycles. The number of nitrogens with zero attached hydrogens (tertiary/aromatic N) is 1. The lowest BCUT2D eigenvalue weighted by Crippen LogP contribution is -2.40. The summed E-state index contributed by atoms with van der Waals surface area (Å²) < 4.78 is 0. The van der Waals surface area contributed by atoms with E-state index in [1.807, 2.05) is 0 Å². The average Bonchev–Trinajstić information content (AvgIpc) is 2.67. The molecule has 1 saturated carbocycles. The number of hydrogen-bond acceptors (Lipinski definition) is 3. The predicted molar refractivity (Wildman–Crippen MR) is 107 cm³/mol. The fourth-order valence-electron chi connectivity index (χ4n) is 3.97. The van der Waals surface area contributed by atoms with Crippen LogP contribution in [0.25, 0.3) is 0 Å². The molecule has 1 aliphatic heterocycles. The van der Waals surface area contributed by atoms with E-state index in [1.165, 1.54) is 37.7 Å². The number of thioether (sulfide) groups is 1. The zero-order valence-corrected chi connectivity index (χ0v) is 16.1. The molecule has 3 rings (SSSR count). The predicted octanol–water partition coefficient (Wildman–Crippen LogP) is 4.08. The van der Waals surface area contributed by atoms with Crippen molar-refractivity contribution in [2.75, 3.05) is 25.4 Å². The number of piperidine rings is 1. The number of nitrogens with one attached hydrogen (secondary N) is 1. The molecule has 1 N–H and O–H groups in total. The van der Waals surface area contributed by atoms with Crippen LogP contribution in [0.4, 0.5) is 0 Å².